The number of hydrogen-bond donors (Lipinski definition) is 1. The van der Waals surface area contributed by atoms with Crippen LogP contribution in [0, 0.1) is 0 Å². The van der Waals surface area contributed by atoms with Crippen molar-refractivity contribution in [2.75, 3.05) is 5.32 Å². The minimum absolute atomic E-state index is 0.156. The summed E-state index contributed by atoms with van der Waals surface area (Å²) in [5, 5.41) is 1.74. The molecule has 1 nitrogen and oxygen atoms in total. The van der Waals surface area contributed by atoms with E-state index in [1.807, 2.05) is 0 Å². The zero-order valence-electron chi connectivity index (χ0n) is 12.6. The average Bonchev–Trinajstić information content (AvgIpc) is 2.50. The Hall–Kier alpha value is -2.39. The molecule has 0 aliphatic carbocycles. The monoisotopic (exact) mass is 387 g/mol. The summed E-state index contributed by atoms with van der Waals surface area (Å²) in [6.07, 6.45) is -15.3. The van der Waals surface area contributed by atoms with Gasteiger partial charge in [0.05, 0.1) is 11.1 Å². The number of nitrogens with one attached hydrogen (secondary N) is 1. The number of rotatable bonds is 3. The molecule has 10 heteroatoms. The molecule has 0 saturated heterocycles. The van der Waals surface area contributed by atoms with Crippen LogP contribution in [0.5, 0.6) is 0 Å². The third-order valence-corrected chi connectivity index (χ3v) is 3.36. The normalized spacial score (nSPS) is 14.2. The third kappa shape index (κ3) is 4.83. The van der Waals surface area contributed by atoms with Gasteiger partial charge in [-0.05, 0) is 23.8 Å². The van der Waals surface area contributed by atoms with Crippen molar-refractivity contribution in [3.8, 4) is 0 Å². The standard InChI is InChI=1S/C16H10F9N/c17-14(18,19)10-6-11(15(20,21)22)8-12(7-10)26-13(16(23,24)25)9-4-2-1-3-5-9/h1-8,13,26H. The lowest BCUT2D eigenvalue weighted by Gasteiger charge is -2.24. The van der Waals surface area contributed by atoms with Crippen molar-refractivity contribution in [2.24, 2.45) is 0 Å². The van der Waals surface area contributed by atoms with Crippen LogP contribution in [-0.4, -0.2) is 6.18 Å². The molecule has 0 bridgehead atoms. The van der Waals surface area contributed by atoms with Gasteiger partial charge in [0.15, 0.2) is 0 Å². The molecule has 0 spiro atoms. The van der Waals surface area contributed by atoms with Gasteiger partial charge in [0.1, 0.15) is 6.04 Å². The first-order valence-corrected chi connectivity index (χ1v) is 6.96. The van der Waals surface area contributed by atoms with Gasteiger partial charge in [-0.15, -0.1) is 0 Å². The average molecular weight is 387 g/mol. The topological polar surface area (TPSA) is 12.0 Å². The maximum atomic E-state index is 13.3. The van der Waals surface area contributed by atoms with Gasteiger partial charge in [-0.2, -0.15) is 39.5 Å². The Morgan fingerprint density at radius 2 is 1.12 bits per heavy atom. The fourth-order valence-electron chi connectivity index (χ4n) is 2.20. The van der Waals surface area contributed by atoms with Gasteiger partial charge in [0.25, 0.3) is 0 Å². The van der Waals surface area contributed by atoms with Crippen LogP contribution >= 0.6 is 0 Å². The van der Waals surface area contributed by atoms with E-state index in [4.69, 9.17) is 0 Å². The molecule has 26 heavy (non-hydrogen) atoms. The van der Waals surface area contributed by atoms with Gasteiger partial charge in [-0.3, -0.25) is 0 Å². The van der Waals surface area contributed by atoms with Gasteiger partial charge in [0.2, 0.25) is 0 Å². The molecule has 142 valence electrons. The van der Waals surface area contributed by atoms with E-state index in [-0.39, 0.29) is 23.8 Å². The smallest absolute Gasteiger partial charge is 0.370 e. The van der Waals surface area contributed by atoms with E-state index >= 15 is 0 Å². The lowest BCUT2D eigenvalue weighted by Crippen LogP contribution is -2.28. The summed E-state index contributed by atoms with van der Waals surface area (Å²) in [6.45, 7) is 0. The largest absolute Gasteiger partial charge is 0.416 e. The summed E-state index contributed by atoms with van der Waals surface area (Å²) in [4.78, 5) is 0. The van der Waals surface area contributed by atoms with Crippen LogP contribution in [0.1, 0.15) is 22.7 Å². The number of hydrogen-bond acceptors (Lipinski definition) is 1. The molecule has 0 heterocycles. The molecular weight excluding hydrogens is 377 g/mol. The lowest BCUT2D eigenvalue weighted by molar-refractivity contribution is -0.144. The van der Waals surface area contributed by atoms with Crippen LogP contribution in [0.2, 0.25) is 0 Å². The van der Waals surface area contributed by atoms with E-state index in [1.54, 1.807) is 5.32 Å². The summed E-state index contributed by atoms with van der Waals surface area (Å²) in [6, 6.07) is 3.85. The van der Waals surface area contributed by atoms with Crippen LogP contribution < -0.4 is 5.32 Å². The Morgan fingerprint density at radius 3 is 1.50 bits per heavy atom. The van der Waals surface area contributed by atoms with Gasteiger partial charge in [-0.25, -0.2) is 0 Å². The van der Waals surface area contributed by atoms with Crippen LogP contribution in [0.4, 0.5) is 45.2 Å². The van der Waals surface area contributed by atoms with E-state index in [1.165, 1.54) is 18.2 Å². The van der Waals surface area contributed by atoms with E-state index in [2.05, 4.69) is 0 Å². The SMILES string of the molecule is FC(F)(F)c1cc(NC(c2ccccc2)C(F)(F)F)cc(C(F)(F)F)c1. The zero-order chi connectivity index (χ0) is 19.8. The lowest BCUT2D eigenvalue weighted by atomic mass is 10.0. The second-order valence-corrected chi connectivity index (χ2v) is 5.32. The minimum atomic E-state index is -5.15. The molecule has 2 aromatic carbocycles. The molecule has 0 amide bonds. The summed E-state index contributed by atoms with van der Waals surface area (Å²) in [5.74, 6) is 0. The number of alkyl halides is 9. The first kappa shape index (κ1) is 19.9. The van der Waals surface area contributed by atoms with Gasteiger partial charge >= 0.3 is 18.5 Å². The third-order valence-electron chi connectivity index (χ3n) is 3.36. The molecule has 0 aliphatic rings. The first-order valence-electron chi connectivity index (χ1n) is 6.96. The highest BCUT2D eigenvalue weighted by Gasteiger charge is 2.42. The molecule has 0 aromatic heterocycles. The Morgan fingerprint density at radius 1 is 0.654 bits per heavy atom. The summed E-state index contributed by atoms with van der Waals surface area (Å²) in [5.41, 5.74) is -4.71. The van der Waals surface area contributed by atoms with Gasteiger partial charge in [-0.1, -0.05) is 30.3 Å². The van der Waals surface area contributed by atoms with Crippen LogP contribution in [-0.2, 0) is 12.4 Å². The molecule has 2 aromatic rings. The van der Waals surface area contributed by atoms with Crippen molar-refractivity contribution >= 4 is 5.69 Å². The highest BCUT2D eigenvalue weighted by atomic mass is 19.4. The van der Waals surface area contributed by atoms with Crippen LogP contribution in [0.3, 0.4) is 0 Å². The van der Waals surface area contributed by atoms with Gasteiger partial charge < -0.3 is 5.32 Å². The molecular formula is C16H10F9N. The van der Waals surface area contributed by atoms with Crippen molar-refractivity contribution in [3.05, 3.63) is 65.2 Å². The van der Waals surface area contributed by atoms with E-state index in [9.17, 15) is 39.5 Å². The second kappa shape index (κ2) is 6.73. The Labute approximate surface area is 141 Å². The highest BCUT2D eigenvalue weighted by molar-refractivity contribution is 5.52. The van der Waals surface area contributed by atoms with E-state index < -0.39 is 41.4 Å². The molecule has 1 atom stereocenters. The van der Waals surface area contributed by atoms with Gasteiger partial charge in [0, 0.05) is 5.69 Å². The summed E-state index contributed by atoms with van der Waals surface area (Å²) < 4.78 is 117. The fraction of sp³-hybridized carbons (Fsp3) is 0.250. The number of benzene rings is 2. The van der Waals surface area contributed by atoms with Crippen molar-refractivity contribution in [2.45, 2.75) is 24.6 Å². The Kier molecular flexibility index (Phi) is 5.16. The summed E-state index contributed by atoms with van der Waals surface area (Å²) >= 11 is 0. The van der Waals surface area contributed by atoms with Crippen LogP contribution in [0.15, 0.2) is 48.5 Å². The number of halogens is 9. The van der Waals surface area contributed by atoms with Crippen molar-refractivity contribution in [1.29, 1.82) is 0 Å². The Balaban J connectivity index is 2.52. The minimum Gasteiger partial charge on any atom is -0.370 e. The predicted octanol–water partition coefficient (Wildman–Crippen LogP) is 6.44. The Bertz CT molecular complexity index is 713. The molecule has 0 fully saturated rings. The maximum Gasteiger partial charge on any atom is 0.416 e. The quantitative estimate of drug-likeness (QED) is 0.598. The van der Waals surface area contributed by atoms with Crippen molar-refractivity contribution in [3.63, 3.8) is 0 Å². The molecule has 1 unspecified atom stereocenters. The molecule has 1 N–H and O–H groups in total. The highest BCUT2D eigenvalue weighted by Crippen LogP contribution is 2.40. The molecule has 2 rings (SSSR count). The fourth-order valence-corrected chi connectivity index (χ4v) is 2.20. The molecule has 0 saturated carbocycles. The van der Waals surface area contributed by atoms with Crippen molar-refractivity contribution < 1.29 is 39.5 Å². The first-order chi connectivity index (χ1) is 11.8. The van der Waals surface area contributed by atoms with Crippen LogP contribution in [0.25, 0.3) is 0 Å². The zero-order valence-corrected chi connectivity index (χ0v) is 12.6. The van der Waals surface area contributed by atoms with E-state index in [0.717, 1.165) is 12.1 Å². The molecule has 0 aliphatic heterocycles. The summed E-state index contributed by atoms with van der Waals surface area (Å²) in [7, 11) is 0. The van der Waals surface area contributed by atoms with E-state index in [0.29, 0.717) is 0 Å². The second-order valence-electron chi connectivity index (χ2n) is 5.32. The maximum absolute atomic E-state index is 13.3. The van der Waals surface area contributed by atoms with Crippen molar-refractivity contribution in [1.82, 2.24) is 0 Å². The number of anilines is 1. The molecule has 0 radical (unpaired) electrons. The predicted molar refractivity (Wildman–Crippen MR) is 75.3 cm³/mol.